The lowest BCUT2D eigenvalue weighted by molar-refractivity contribution is -0.134. The monoisotopic (exact) mass is 461 g/mol. The summed E-state index contributed by atoms with van der Waals surface area (Å²) in [7, 11) is 1.87. The lowest BCUT2D eigenvalue weighted by Crippen LogP contribution is -2.60. The van der Waals surface area contributed by atoms with E-state index in [0.717, 1.165) is 47.8 Å². The summed E-state index contributed by atoms with van der Waals surface area (Å²) in [6.45, 7) is 8.32. The van der Waals surface area contributed by atoms with Gasteiger partial charge in [-0.05, 0) is 61.0 Å². The van der Waals surface area contributed by atoms with Crippen molar-refractivity contribution < 1.29 is 4.79 Å². The number of carbonyl (C=O) groups excluding carboxylic acids is 1. The highest BCUT2D eigenvalue weighted by Gasteiger charge is 2.42. The molecule has 6 nitrogen and oxygen atoms in total. The number of amides is 1. The summed E-state index contributed by atoms with van der Waals surface area (Å²) in [5.41, 5.74) is 2.05. The molecule has 1 unspecified atom stereocenters. The number of hydrogen-bond donors (Lipinski definition) is 0. The molecular weight excluding hydrogens is 430 g/mol. The second-order valence-electron chi connectivity index (χ2n) is 7.80. The summed E-state index contributed by atoms with van der Waals surface area (Å²) in [5.74, 6) is 1.93. The van der Waals surface area contributed by atoms with Crippen molar-refractivity contribution in [1.29, 1.82) is 0 Å². The lowest BCUT2D eigenvalue weighted by Gasteiger charge is -2.45. The van der Waals surface area contributed by atoms with Crippen LogP contribution in [0.25, 0.3) is 5.82 Å². The molecule has 2 aliphatic rings. The number of allylic oxidation sites excluding steroid dienone is 2. The SMILES string of the molecule is CC=C1C(=NC(=C(C)CC)n2ccnc2Br)N(C2CCCC2)C(CC)C(=O)N1C. The highest BCUT2D eigenvalue weighted by molar-refractivity contribution is 9.10. The van der Waals surface area contributed by atoms with E-state index in [1.165, 1.54) is 18.4 Å². The normalized spacial score (nSPS) is 24.8. The summed E-state index contributed by atoms with van der Waals surface area (Å²) >= 11 is 3.55. The van der Waals surface area contributed by atoms with Crippen LogP contribution in [0.3, 0.4) is 0 Å². The number of aromatic nitrogens is 2. The summed E-state index contributed by atoms with van der Waals surface area (Å²) in [5, 5.41) is 0. The van der Waals surface area contributed by atoms with E-state index < -0.39 is 0 Å². The minimum absolute atomic E-state index is 0.160. The predicted octanol–water partition coefficient (Wildman–Crippen LogP) is 5.04. The molecule has 29 heavy (non-hydrogen) atoms. The molecule has 158 valence electrons. The van der Waals surface area contributed by atoms with E-state index in [2.05, 4.69) is 46.6 Å². The number of hydrogen-bond acceptors (Lipinski definition) is 3. The lowest BCUT2D eigenvalue weighted by atomic mass is 10.0. The van der Waals surface area contributed by atoms with Crippen LogP contribution in [-0.2, 0) is 4.79 Å². The standard InChI is InChI=1S/C22H32BrN5O/c1-6-15(4)19(27-14-13-24-22(27)23)25-20-17(7-2)26(5)21(29)18(8-3)28(20)16-11-9-10-12-16/h7,13-14,16,18H,6,8-12H2,1-5H3. The number of nitrogens with zero attached hydrogens (tertiary/aromatic N) is 5. The van der Waals surface area contributed by atoms with Crippen LogP contribution in [0.5, 0.6) is 0 Å². The Bertz CT molecular complexity index is 847. The summed E-state index contributed by atoms with van der Waals surface area (Å²) in [4.78, 5) is 26.8. The van der Waals surface area contributed by atoms with Gasteiger partial charge >= 0.3 is 0 Å². The van der Waals surface area contributed by atoms with Crippen molar-refractivity contribution in [2.75, 3.05) is 7.05 Å². The topological polar surface area (TPSA) is 53.7 Å². The fourth-order valence-corrected chi connectivity index (χ4v) is 4.77. The first-order chi connectivity index (χ1) is 13.9. The fraction of sp³-hybridized carbons (Fsp3) is 0.591. The third kappa shape index (κ3) is 4.06. The van der Waals surface area contributed by atoms with Crippen molar-refractivity contribution in [3.8, 4) is 0 Å². The fourth-order valence-electron chi connectivity index (χ4n) is 4.37. The van der Waals surface area contributed by atoms with Gasteiger partial charge in [-0.3, -0.25) is 9.36 Å². The van der Waals surface area contributed by atoms with Gasteiger partial charge in [0.05, 0.1) is 5.70 Å². The Morgan fingerprint density at radius 2 is 2.03 bits per heavy atom. The number of amidine groups is 1. The first-order valence-electron chi connectivity index (χ1n) is 10.6. The Kier molecular flexibility index (Phi) is 6.98. The van der Waals surface area contributed by atoms with Crippen molar-refractivity contribution in [3.05, 3.63) is 34.5 Å². The summed E-state index contributed by atoms with van der Waals surface area (Å²) < 4.78 is 2.70. The van der Waals surface area contributed by atoms with Gasteiger partial charge < -0.3 is 9.80 Å². The smallest absolute Gasteiger partial charge is 0.249 e. The van der Waals surface area contributed by atoms with Crippen LogP contribution in [0.1, 0.15) is 66.2 Å². The molecule has 1 aromatic rings. The maximum Gasteiger partial charge on any atom is 0.249 e. The molecule has 1 saturated carbocycles. The molecule has 1 saturated heterocycles. The van der Waals surface area contributed by atoms with E-state index in [1.54, 1.807) is 11.1 Å². The third-order valence-corrected chi connectivity index (χ3v) is 6.70. The van der Waals surface area contributed by atoms with E-state index in [0.29, 0.717) is 6.04 Å². The van der Waals surface area contributed by atoms with Gasteiger partial charge in [0.25, 0.3) is 0 Å². The second-order valence-corrected chi connectivity index (χ2v) is 8.51. The Balaban J connectivity index is 2.21. The summed E-state index contributed by atoms with van der Waals surface area (Å²) in [6.07, 6.45) is 12.0. The van der Waals surface area contributed by atoms with Crippen molar-refractivity contribution >= 4 is 33.5 Å². The Labute approximate surface area is 182 Å². The molecule has 1 aromatic heterocycles. The van der Waals surface area contributed by atoms with Gasteiger partial charge in [-0.25, -0.2) is 9.98 Å². The van der Waals surface area contributed by atoms with Crippen LogP contribution in [0.4, 0.5) is 0 Å². The number of likely N-dealkylation sites (N-methyl/N-ethyl adjacent to an activating group) is 1. The minimum atomic E-state index is -0.167. The molecular formula is C22H32BrN5O. The first kappa shape index (κ1) is 21.8. The van der Waals surface area contributed by atoms with E-state index in [1.807, 2.05) is 30.8 Å². The molecule has 3 rings (SSSR count). The average Bonchev–Trinajstić information content (AvgIpc) is 3.39. The van der Waals surface area contributed by atoms with Crippen LogP contribution >= 0.6 is 15.9 Å². The largest absolute Gasteiger partial charge is 0.340 e. The first-order valence-corrected chi connectivity index (χ1v) is 11.4. The number of piperazine rings is 1. The average molecular weight is 462 g/mol. The number of halogens is 1. The van der Waals surface area contributed by atoms with Gasteiger partial charge in [0.1, 0.15) is 11.9 Å². The molecule has 1 amide bonds. The van der Waals surface area contributed by atoms with Gasteiger partial charge in [-0.2, -0.15) is 0 Å². The third-order valence-electron chi connectivity index (χ3n) is 6.11. The molecule has 1 aliphatic carbocycles. The van der Waals surface area contributed by atoms with Crippen LogP contribution < -0.4 is 0 Å². The van der Waals surface area contributed by atoms with E-state index >= 15 is 0 Å². The van der Waals surface area contributed by atoms with E-state index in [4.69, 9.17) is 4.99 Å². The van der Waals surface area contributed by atoms with E-state index in [9.17, 15) is 4.79 Å². The highest BCUT2D eigenvalue weighted by atomic mass is 79.9. The molecule has 0 radical (unpaired) electrons. The van der Waals surface area contributed by atoms with Gasteiger partial charge in [-0.15, -0.1) is 0 Å². The summed E-state index contributed by atoms with van der Waals surface area (Å²) in [6, 6.07) is 0.195. The number of aliphatic imine (C=N–C) groups is 1. The predicted molar refractivity (Wildman–Crippen MR) is 121 cm³/mol. The van der Waals surface area contributed by atoms with Crippen LogP contribution in [0, 0.1) is 0 Å². The molecule has 0 N–H and O–H groups in total. The van der Waals surface area contributed by atoms with Crippen molar-refractivity contribution in [3.63, 3.8) is 0 Å². The molecule has 1 aliphatic heterocycles. The zero-order valence-corrected chi connectivity index (χ0v) is 19.7. The van der Waals surface area contributed by atoms with Gasteiger partial charge in [-0.1, -0.05) is 32.8 Å². The Hall–Kier alpha value is -1.89. The van der Waals surface area contributed by atoms with Crippen molar-refractivity contribution in [2.45, 2.75) is 78.3 Å². The molecule has 7 heteroatoms. The minimum Gasteiger partial charge on any atom is -0.340 e. The Morgan fingerprint density at radius 1 is 1.34 bits per heavy atom. The van der Waals surface area contributed by atoms with E-state index in [-0.39, 0.29) is 11.9 Å². The number of imidazole rings is 1. The van der Waals surface area contributed by atoms with Gasteiger partial charge in [0, 0.05) is 25.5 Å². The highest BCUT2D eigenvalue weighted by Crippen LogP contribution is 2.34. The molecule has 0 spiro atoms. The van der Waals surface area contributed by atoms with Gasteiger partial charge in [0.2, 0.25) is 5.91 Å². The van der Waals surface area contributed by atoms with Crippen LogP contribution in [0.2, 0.25) is 0 Å². The molecule has 1 atom stereocenters. The van der Waals surface area contributed by atoms with Crippen molar-refractivity contribution in [2.24, 2.45) is 4.99 Å². The zero-order chi connectivity index (χ0) is 21.1. The van der Waals surface area contributed by atoms with Crippen LogP contribution in [-0.4, -0.2) is 50.2 Å². The maximum atomic E-state index is 13.2. The second kappa shape index (κ2) is 9.28. The number of carbonyl (C=O) groups is 1. The van der Waals surface area contributed by atoms with Crippen molar-refractivity contribution in [1.82, 2.24) is 19.4 Å². The molecule has 0 bridgehead atoms. The van der Waals surface area contributed by atoms with Crippen LogP contribution in [0.15, 0.2) is 39.5 Å². The molecule has 2 heterocycles. The maximum absolute atomic E-state index is 13.2. The Morgan fingerprint density at radius 3 is 2.55 bits per heavy atom. The number of rotatable bonds is 5. The van der Waals surface area contributed by atoms with Gasteiger partial charge in [0.15, 0.2) is 10.6 Å². The quantitative estimate of drug-likeness (QED) is 0.616. The zero-order valence-electron chi connectivity index (χ0n) is 18.2. The molecule has 2 fully saturated rings. The molecule has 0 aromatic carbocycles.